The molecule has 0 saturated heterocycles. The molecule has 0 aliphatic heterocycles. The topological polar surface area (TPSA) is 46.9 Å². The van der Waals surface area contributed by atoms with Gasteiger partial charge in [0.05, 0.1) is 12.0 Å². The van der Waals surface area contributed by atoms with E-state index in [1.54, 1.807) is 18.7 Å². The van der Waals surface area contributed by atoms with E-state index in [4.69, 9.17) is 11.6 Å². The number of nitrogens with zero attached hydrogens (tertiary/aromatic N) is 2. The molecule has 0 saturated carbocycles. The molecule has 0 fully saturated rings. The van der Waals surface area contributed by atoms with Crippen LogP contribution in [0.15, 0.2) is 36.9 Å². The third-order valence-corrected chi connectivity index (χ3v) is 2.95. The summed E-state index contributed by atoms with van der Waals surface area (Å²) in [6, 6.07) is 4.09. The molecular formula is C13H13ClFN3O. The zero-order valence-corrected chi connectivity index (χ0v) is 11.1. The lowest BCUT2D eigenvalue weighted by Crippen LogP contribution is -2.17. The van der Waals surface area contributed by atoms with Crippen molar-refractivity contribution in [1.82, 2.24) is 9.55 Å². The van der Waals surface area contributed by atoms with Crippen LogP contribution in [0.25, 0.3) is 0 Å². The first-order valence-corrected chi connectivity index (χ1v) is 6.16. The van der Waals surface area contributed by atoms with Crippen LogP contribution in [-0.4, -0.2) is 15.5 Å². The number of imidazole rings is 1. The number of halogens is 2. The second kappa shape index (κ2) is 5.84. The Hall–Kier alpha value is -1.88. The number of nitrogens with one attached hydrogen (secondary N) is 1. The molecule has 0 aliphatic rings. The summed E-state index contributed by atoms with van der Waals surface area (Å²) in [4.78, 5) is 15.7. The van der Waals surface area contributed by atoms with E-state index in [2.05, 4.69) is 10.3 Å². The summed E-state index contributed by atoms with van der Waals surface area (Å²) in [5.74, 6) is -0.807. The highest BCUT2D eigenvalue weighted by atomic mass is 35.5. The number of anilines is 1. The van der Waals surface area contributed by atoms with E-state index in [0.29, 0.717) is 5.02 Å². The molecule has 2 rings (SSSR count). The molecule has 0 aliphatic carbocycles. The van der Waals surface area contributed by atoms with Gasteiger partial charge in [0.25, 0.3) is 0 Å². The maximum Gasteiger partial charge on any atom is 0.226 e. The highest BCUT2D eigenvalue weighted by molar-refractivity contribution is 6.30. The summed E-state index contributed by atoms with van der Waals surface area (Å²) in [6.07, 6.45) is 5.30. The predicted molar refractivity (Wildman–Crippen MR) is 71.6 cm³/mol. The highest BCUT2D eigenvalue weighted by Gasteiger charge is 2.12. The Morgan fingerprint density at radius 1 is 1.58 bits per heavy atom. The lowest BCUT2D eigenvalue weighted by molar-refractivity contribution is -0.116. The lowest BCUT2D eigenvalue weighted by atomic mass is 10.2. The van der Waals surface area contributed by atoms with Crippen molar-refractivity contribution in [2.45, 2.75) is 19.4 Å². The molecule has 6 heteroatoms. The van der Waals surface area contributed by atoms with Crippen LogP contribution >= 0.6 is 11.6 Å². The summed E-state index contributed by atoms with van der Waals surface area (Å²) >= 11 is 5.64. The fourth-order valence-corrected chi connectivity index (χ4v) is 1.85. The second-order valence-corrected chi connectivity index (χ2v) is 4.67. The van der Waals surface area contributed by atoms with Crippen molar-refractivity contribution in [2.24, 2.45) is 0 Å². The summed E-state index contributed by atoms with van der Waals surface area (Å²) in [5, 5.41) is 2.82. The van der Waals surface area contributed by atoms with Crippen LogP contribution < -0.4 is 5.32 Å². The monoisotopic (exact) mass is 281 g/mol. The Morgan fingerprint density at radius 3 is 3.00 bits per heavy atom. The third-order valence-electron chi connectivity index (χ3n) is 2.72. The maximum atomic E-state index is 13.5. The van der Waals surface area contributed by atoms with Gasteiger partial charge in [0.15, 0.2) is 0 Å². The molecule has 1 amide bonds. The van der Waals surface area contributed by atoms with Gasteiger partial charge in [0, 0.05) is 29.9 Å². The van der Waals surface area contributed by atoms with Crippen LogP contribution in [-0.2, 0) is 4.79 Å². The van der Waals surface area contributed by atoms with E-state index in [9.17, 15) is 9.18 Å². The van der Waals surface area contributed by atoms with Crippen LogP contribution in [0.1, 0.15) is 19.4 Å². The van der Waals surface area contributed by atoms with Gasteiger partial charge in [-0.15, -0.1) is 0 Å². The number of benzene rings is 1. The first-order valence-electron chi connectivity index (χ1n) is 5.78. The highest BCUT2D eigenvalue weighted by Crippen LogP contribution is 2.20. The number of hydrogen-bond donors (Lipinski definition) is 1. The molecule has 0 radical (unpaired) electrons. The number of aromatic nitrogens is 2. The van der Waals surface area contributed by atoms with Crippen molar-refractivity contribution in [1.29, 1.82) is 0 Å². The normalized spacial score (nSPS) is 12.2. The number of carbonyl (C=O) groups excluding carboxylic acids is 1. The molecule has 2 aromatic rings. The van der Waals surface area contributed by atoms with Gasteiger partial charge in [-0.25, -0.2) is 9.37 Å². The molecule has 1 atom stereocenters. The van der Waals surface area contributed by atoms with Crippen molar-refractivity contribution >= 4 is 23.2 Å². The number of carbonyl (C=O) groups is 1. The Morgan fingerprint density at radius 2 is 2.37 bits per heavy atom. The van der Waals surface area contributed by atoms with Crippen LogP contribution in [0, 0.1) is 5.82 Å². The van der Waals surface area contributed by atoms with Gasteiger partial charge in [-0.2, -0.15) is 0 Å². The Kier molecular flexibility index (Phi) is 4.16. The molecule has 0 spiro atoms. The predicted octanol–water partition coefficient (Wildman–Crippen LogP) is 3.27. The number of rotatable bonds is 4. The van der Waals surface area contributed by atoms with Gasteiger partial charge < -0.3 is 9.88 Å². The van der Waals surface area contributed by atoms with Gasteiger partial charge in [0.1, 0.15) is 5.82 Å². The zero-order chi connectivity index (χ0) is 13.8. The second-order valence-electron chi connectivity index (χ2n) is 4.24. The largest absolute Gasteiger partial charge is 0.334 e. The Bertz CT molecular complexity index is 571. The first kappa shape index (κ1) is 13.5. The van der Waals surface area contributed by atoms with Crippen molar-refractivity contribution in [2.75, 3.05) is 5.32 Å². The zero-order valence-electron chi connectivity index (χ0n) is 10.3. The lowest BCUT2D eigenvalue weighted by Gasteiger charge is -2.13. The summed E-state index contributed by atoms with van der Waals surface area (Å²) in [6.45, 7) is 1.89. The Labute approximate surface area is 115 Å². The average Bonchev–Trinajstić information content (AvgIpc) is 2.86. The van der Waals surface area contributed by atoms with Crippen molar-refractivity contribution < 1.29 is 9.18 Å². The standard InChI is InChI=1S/C13H13ClFN3O/c1-9(18-5-4-16-8-18)6-13(19)17-12-3-2-10(14)7-11(12)15/h2-5,7-9H,6H2,1H3,(H,17,19). The van der Waals surface area contributed by atoms with E-state index in [1.165, 1.54) is 12.1 Å². The minimum atomic E-state index is -0.545. The summed E-state index contributed by atoms with van der Waals surface area (Å²) < 4.78 is 15.3. The van der Waals surface area contributed by atoms with E-state index >= 15 is 0 Å². The molecular weight excluding hydrogens is 269 g/mol. The quantitative estimate of drug-likeness (QED) is 0.935. The van der Waals surface area contributed by atoms with Crippen LogP contribution in [0.3, 0.4) is 0 Å². The molecule has 1 heterocycles. The smallest absolute Gasteiger partial charge is 0.226 e. The van der Waals surface area contributed by atoms with Gasteiger partial charge in [-0.05, 0) is 25.1 Å². The van der Waals surface area contributed by atoms with Crippen LogP contribution in [0.4, 0.5) is 10.1 Å². The minimum absolute atomic E-state index is 0.0436. The summed E-state index contributed by atoms with van der Waals surface area (Å²) in [5.41, 5.74) is 0.132. The molecule has 1 aromatic heterocycles. The van der Waals surface area contributed by atoms with Gasteiger partial charge in [-0.1, -0.05) is 11.6 Å². The third kappa shape index (κ3) is 3.54. The average molecular weight is 282 g/mol. The molecule has 1 N–H and O–H groups in total. The maximum absolute atomic E-state index is 13.5. The molecule has 19 heavy (non-hydrogen) atoms. The van der Waals surface area contributed by atoms with Gasteiger partial charge >= 0.3 is 0 Å². The molecule has 4 nitrogen and oxygen atoms in total. The minimum Gasteiger partial charge on any atom is -0.334 e. The van der Waals surface area contributed by atoms with Crippen LogP contribution in [0.2, 0.25) is 5.02 Å². The summed E-state index contributed by atoms with van der Waals surface area (Å²) in [7, 11) is 0. The van der Waals surface area contributed by atoms with Crippen molar-refractivity contribution in [3.8, 4) is 0 Å². The molecule has 0 bridgehead atoms. The fraction of sp³-hybridized carbons (Fsp3) is 0.231. The van der Waals surface area contributed by atoms with Crippen molar-refractivity contribution in [3.63, 3.8) is 0 Å². The van der Waals surface area contributed by atoms with E-state index in [-0.39, 0.29) is 24.1 Å². The molecule has 100 valence electrons. The van der Waals surface area contributed by atoms with E-state index < -0.39 is 5.82 Å². The number of amides is 1. The molecule has 1 aromatic carbocycles. The van der Waals surface area contributed by atoms with E-state index in [1.807, 2.05) is 11.5 Å². The van der Waals surface area contributed by atoms with E-state index in [0.717, 1.165) is 6.07 Å². The SMILES string of the molecule is CC(CC(=O)Nc1ccc(Cl)cc1F)n1ccnc1. The number of hydrogen-bond acceptors (Lipinski definition) is 2. The van der Waals surface area contributed by atoms with Crippen molar-refractivity contribution in [3.05, 3.63) is 47.8 Å². The van der Waals surface area contributed by atoms with Gasteiger partial charge in [-0.3, -0.25) is 4.79 Å². The fourth-order valence-electron chi connectivity index (χ4n) is 1.70. The molecule has 1 unspecified atom stereocenters. The Balaban J connectivity index is 1.98. The first-order chi connectivity index (χ1) is 9.06. The van der Waals surface area contributed by atoms with Gasteiger partial charge in [0.2, 0.25) is 5.91 Å². The van der Waals surface area contributed by atoms with Crippen LogP contribution in [0.5, 0.6) is 0 Å².